The molecule has 1 atom stereocenters. The van der Waals surface area contributed by atoms with Gasteiger partial charge >= 0.3 is 0 Å². The van der Waals surface area contributed by atoms with Gasteiger partial charge < -0.3 is 15.8 Å². The summed E-state index contributed by atoms with van der Waals surface area (Å²) in [4.78, 5) is 12.9. The molecule has 31 heavy (non-hydrogen) atoms. The van der Waals surface area contributed by atoms with E-state index in [1.165, 1.54) is 22.7 Å². The number of rotatable bonds is 8. The SMILES string of the molecule is CCCC(C)(N)CNC(=O)c1c(C)nn2c(OCc3c(F)cccc3F)cc(C)cc12. The summed E-state index contributed by atoms with van der Waals surface area (Å²) in [6.45, 7) is 7.54. The summed E-state index contributed by atoms with van der Waals surface area (Å²) in [7, 11) is 0. The zero-order valence-electron chi connectivity index (χ0n) is 18.3. The molecule has 0 saturated heterocycles. The Labute approximate surface area is 180 Å². The second-order valence-corrected chi connectivity index (χ2v) is 8.20. The van der Waals surface area contributed by atoms with Gasteiger partial charge in [0, 0.05) is 18.2 Å². The number of hydrogen-bond acceptors (Lipinski definition) is 4. The third-order valence-corrected chi connectivity index (χ3v) is 5.15. The zero-order valence-corrected chi connectivity index (χ0v) is 18.3. The highest BCUT2D eigenvalue weighted by Gasteiger charge is 2.23. The van der Waals surface area contributed by atoms with Crippen molar-refractivity contribution in [1.82, 2.24) is 14.9 Å². The Bertz CT molecular complexity index is 1090. The normalized spacial score (nSPS) is 13.3. The minimum Gasteiger partial charge on any atom is -0.473 e. The topological polar surface area (TPSA) is 81.6 Å². The first kappa shape index (κ1) is 22.7. The number of halogens is 2. The smallest absolute Gasteiger partial charge is 0.255 e. The van der Waals surface area contributed by atoms with Crippen LogP contribution in [0.4, 0.5) is 8.78 Å². The van der Waals surface area contributed by atoms with E-state index in [1.807, 2.05) is 26.8 Å². The van der Waals surface area contributed by atoms with Gasteiger partial charge in [-0.15, -0.1) is 0 Å². The van der Waals surface area contributed by atoms with Gasteiger partial charge in [0.15, 0.2) is 0 Å². The molecule has 0 fully saturated rings. The highest BCUT2D eigenvalue weighted by Crippen LogP contribution is 2.25. The quantitative estimate of drug-likeness (QED) is 0.565. The van der Waals surface area contributed by atoms with Crippen molar-refractivity contribution in [2.45, 2.75) is 52.7 Å². The van der Waals surface area contributed by atoms with Gasteiger partial charge in [0.05, 0.1) is 22.3 Å². The summed E-state index contributed by atoms with van der Waals surface area (Å²) in [6.07, 6.45) is 1.70. The van der Waals surface area contributed by atoms with Crippen LogP contribution >= 0.6 is 0 Å². The lowest BCUT2D eigenvalue weighted by molar-refractivity contribution is 0.0944. The van der Waals surface area contributed by atoms with Crippen molar-refractivity contribution in [2.75, 3.05) is 6.54 Å². The monoisotopic (exact) mass is 430 g/mol. The predicted octanol–water partition coefficient (Wildman–Crippen LogP) is 4.06. The lowest BCUT2D eigenvalue weighted by atomic mass is 9.97. The number of pyridine rings is 1. The minimum atomic E-state index is -0.683. The van der Waals surface area contributed by atoms with E-state index in [9.17, 15) is 13.6 Å². The van der Waals surface area contributed by atoms with Crippen molar-refractivity contribution < 1.29 is 18.3 Å². The molecular weight excluding hydrogens is 402 g/mol. The molecule has 6 nitrogen and oxygen atoms in total. The van der Waals surface area contributed by atoms with Crippen LogP contribution in [0.1, 0.15) is 53.9 Å². The summed E-state index contributed by atoms with van der Waals surface area (Å²) < 4.78 is 35.1. The molecule has 0 spiro atoms. The Hall–Kier alpha value is -3.00. The molecule has 1 unspecified atom stereocenters. The number of nitrogens with one attached hydrogen (secondary N) is 1. The number of aromatic nitrogens is 2. The van der Waals surface area contributed by atoms with Crippen LogP contribution < -0.4 is 15.8 Å². The standard InChI is InChI=1S/C23H28F2N4O2/c1-5-9-23(4,26)13-27-22(30)21-15(3)28-29-19(21)10-14(2)11-20(29)31-12-16-17(24)7-6-8-18(16)25/h6-8,10-11H,5,9,12-13,26H2,1-4H3,(H,27,30). The lowest BCUT2D eigenvalue weighted by Gasteiger charge is -2.24. The van der Waals surface area contributed by atoms with Crippen LogP contribution in [0.2, 0.25) is 0 Å². The number of hydrogen-bond donors (Lipinski definition) is 2. The van der Waals surface area contributed by atoms with E-state index in [4.69, 9.17) is 10.5 Å². The molecular formula is C23H28F2N4O2. The van der Waals surface area contributed by atoms with Crippen molar-refractivity contribution in [3.8, 4) is 5.88 Å². The summed E-state index contributed by atoms with van der Waals surface area (Å²) in [5, 5.41) is 7.32. The average Bonchev–Trinajstić information content (AvgIpc) is 3.01. The Morgan fingerprint density at radius 3 is 2.58 bits per heavy atom. The number of aryl methyl sites for hydroxylation is 2. The average molecular weight is 430 g/mol. The number of benzene rings is 1. The second kappa shape index (κ2) is 9.01. The molecule has 3 N–H and O–H groups in total. The largest absolute Gasteiger partial charge is 0.473 e. The van der Waals surface area contributed by atoms with E-state index in [0.29, 0.717) is 23.3 Å². The van der Waals surface area contributed by atoms with Gasteiger partial charge in [-0.2, -0.15) is 9.61 Å². The van der Waals surface area contributed by atoms with Crippen molar-refractivity contribution in [1.29, 1.82) is 0 Å². The lowest BCUT2D eigenvalue weighted by Crippen LogP contribution is -2.47. The Balaban J connectivity index is 1.90. The third-order valence-electron chi connectivity index (χ3n) is 5.15. The Morgan fingerprint density at radius 2 is 1.94 bits per heavy atom. The number of ether oxygens (including phenoxy) is 1. The van der Waals surface area contributed by atoms with E-state index in [1.54, 1.807) is 13.0 Å². The maximum absolute atomic E-state index is 14.0. The highest BCUT2D eigenvalue weighted by molar-refractivity contribution is 6.02. The summed E-state index contributed by atoms with van der Waals surface area (Å²) in [5.41, 5.74) is 7.85. The fourth-order valence-electron chi connectivity index (χ4n) is 3.59. The molecule has 0 bridgehead atoms. The Morgan fingerprint density at radius 1 is 1.26 bits per heavy atom. The number of carbonyl (C=O) groups excluding carboxylic acids is 1. The molecule has 3 rings (SSSR count). The fourth-order valence-corrected chi connectivity index (χ4v) is 3.59. The molecule has 1 amide bonds. The van der Waals surface area contributed by atoms with Gasteiger partial charge in [0.25, 0.3) is 5.91 Å². The van der Waals surface area contributed by atoms with Crippen LogP contribution in [-0.2, 0) is 6.61 Å². The summed E-state index contributed by atoms with van der Waals surface area (Å²) in [5.74, 6) is -1.36. The molecule has 0 radical (unpaired) electrons. The van der Waals surface area contributed by atoms with Crippen molar-refractivity contribution in [3.63, 3.8) is 0 Å². The van der Waals surface area contributed by atoms with Gasteiger partial charge in [0.1, 0.15) is 18.2 Å². The molecule has 8 heteroatoms. The van der Waals surface area contributed by atoms with Crippen LogP contribution in [0.25, 0.3) is 5.52 Å². The van der Waals surface area contributed by atoms with Crippen LogP contribution in [-0.4, -0.2) is 27.6 Å². The summed E-state index contributed by atoms with van der Waals surface area (Å²) >= 11 is 0. The maximum Gasteiger partial charge on any atom is 0.255 e. The van der Waals surface area contributed by atoms with Crippen molar-refractivity contribution in [2.24, 2.45) is 5.73 Å². The van der Waals surface area contributed by atoms with Gasteiger partial charge in [0.2, 0.25) is 5.88 Å². The molecule has 1 aromatic carbocycles. The van der Waals surface area contributed by atoms with E-state index in [2.05, 4.69) is 10.4 Å². The fraction of sp³-hybridized carbons (Fsp3) is 0.391. The molecule has 166 valence electrons. The van der Waals surface area contributed by atoms with Gasteiger partial charge in [-0.1, -0.05) is 19.4 Å². The molecule has 2 aromatic heterocycles. The second-order valence-electron chi connectivity index (χ2n) is 8.20. The number of amides is 1. The first-order valence-electron chi connectivity index (χ1n) is 10.3. The van der Waals surface area contributed by atoms with E-state index < -0.39 is 17.2 Å². The van der Waals surface area contributed by atoms with E-state index in [-0.39, 0.29) is 24.0 Å². The van der Waals surface area contributed by atoms with Crippen LogP contribution in [0, 0.1) is 25.5 Å². The first-order valence-corrected chi connectivity index (χ1v) is 10.3. The third kappa shape index (κ3) is 5.02. The summed E-state index contributed by atoms with van der Waals surface area (Å²) in [6, 6.07) is 7.18. The van der Waals surface area contributed by atoms with Gasteiger partial charge in [-0.05, 0) is 51.0 Å². The molecule has 0 aliphatic heterocycles. The molecule has 0 saturated carbocycles. The zero-order chi connectivity index (χ0) is 22.8. The Kier molecular flexibility index (Phi) is 6.59. The number of fused-ring (bicyclic) bond motifs is 1. The number of nitrogens with zero attached hydrogens (tertiary/aromatic N) is 2. The van der Waals surface area contributed by atoms with E-state index in [0.717, 1.165) is 18.4 Å². The van der Waals surface area contributed by atoms with Gasteiger partial charge in [-0.3, -0.25) is 4.79 Å². The van der Waals surface area contributed by atoms with Gasteiger partial charge in [-0.25, -0.2) is 8.78 Å². The van der Waals surface area contributed by atoms with Crippen LogP contribution in [0.3, 0.4) is 0 Å². The molecule has 0 aliphatic carbocycles. The molecule has 3 aromatic rings. The number of nitrogens with two attached hydrogens (primary N) is 1. The maximum atomic E-state index is 14.0. The van der Waals surface area contributed by atoms with Crippen LogP contribution in [0.15, 0.2) is 30.3 Å². The van der Waals surface area contributed by atoms with Crippen molar-refractivity contribution >= 4 is 11.4 Å². The first-order chi connectivity index (χ1) is 14.6. The number of carbonyl (C=O) groups is 1. The van der Waals surface area contributed by atoms with Crippen LogP contribution in [0.5, 0.6) is 5.88 Å². The minimum absolute atomic E-state index is 0.169. The van der Waals surface area contributed by atoms with Crippen molar-refractivity contribution in [3.05, 3.63) is 64.4 Å². The predicted molar refractivity (Wildman–Crippen MR) is 115 cm³/mol. The molecule has 0 aliphatic rings. The highest BCUT2D eigenvalue weighted by atomic mass is 19.1. The van der Waals surface area contributed by atoms with E-state index >= 15 is 0 Å². The molecule has 2 heterocycles.